The average Bonchev–Trinajstić information content (AvgIpc) is 2.48. The average molecular weight is 302 g/mol. The summed E-state index contributed by atoms with van der Waals surface area (Å²) in [5, 5.41) is 15.3. The number of aromatic carboxylic acids is 1. The highest BCUT2D eigenvalue weighted by atomic mass is 16.4. The largest absolute Gasteiger partial charge is 0.545 e. The first-order valence-electron chi connectivity index (χ1n) is 5.90. The Kier molecular flexibility index (Phi) is 5.73. The van der Waals surface area contributed by atoms with Crippen molar-refractivity contribution in [3.63, 3.8) is 0 Å². The second-order valence-corrected chi connectivity index (χ2v) is 4.01. The summed E-state index contributed by atoms with van der Waals surface area (Å²) in [5.74, 6) is -3.03. The van der Waals surface area contributed by atoms with Gasteiger partial charge in [0.05, 0.1) is 5.97 Å². The molecule has 2 aromatic rings. The fraction of sp³-hybridized carbons (Fsp3) is 0. The third-order valence-electron chi connectivity index (χ3n) is 2.52. The van der Waals surface area contributed by atoms with Crippen LogP contribution in [0.25, 0.3) is 0 Å². The van der Waals surface area contributed by atoms with E-state index in [0.29, 0.717) is 11.4 Å². The Hall–Kier alpha value is -3.26. The predicted molar refractivity (Wildman–Crippen MR) is 78.3 cm³/mol. The lowest BCUT2D eigenvalue weighted by Crippen LogP contribution is -2.29. The van der Waals surface area contributed by atoms with Gasteiger partial charge in [-0.2, -0.15) is 0 Å². The lowest BCUT2D eigenvalue weighted by molar-refractivity contribution is -0.255. The zero-order valence-corrected chi connectivity index (χ0v) is 11.7. The minimum Gasteiger partial charge on any atom is -0.545 e. The van der Waals surface area contributed by atoms with Crippen molar-refractivity contribution in [2.45, 2.75) is 0 Å². The van der Waals surface area contributed by atoms with Crippen molar-refractivity contribution in [3.8, 4) is 0 Å². The summed E-state index contributed by atoms with van der Waals surface area (Å²) in [6.07, 6.45) is 2.96. The van der Waals surface area contributed by atoms with E-state index in [1.54, 1.807) is 12.1 Å². The molecule has 1 aromatic carbocycles. The molecule has 0 fully saturated rings. The molecule has 1 heterocycles. The van der Waals surface area contributed by atoms with Gasteiger partial charge < -0.3 is 26.7 Å². The van der Waals surface area contributed by atoms with E-state index in [0.717, 1.165) is 0 Å². The molecule has 6 N–H and O–H groups in total. The molecule has 0 aliphatic carbocycles. The van der Waals surface area contributed by atoms with Crippen LogP contribution in [-0.2, 0) is 9.59 Å². The number of hydrogen-bond acceptors (Lipinski definition) is 5. The number of nitrogens with one attached hydrogen (secondary N) is 2. The number of aromatic nitrogens is 1. The number of carboxylic acid groups (broad SMARTS) is 1. The summed E-state index contributed by atoms with van der Waals surface area (Å²) in [6.45, 7) is 0. The molecule has 1 aromatic heterocycles. The third kappa shape index (κ3) is 4.39. The maximum atomic E-state index is 11.7. The van der Waals surface area contributed by atoms with E-state index in [1.807, 2.05) is 0 Å². The number of nitrogens with zero attached hydrogens (tertiary/aromatic N) is 1. The summed E-state index contributed by atoms with van der Waals surface area (Å²) in [4.78, 5) is 37.7. The normalized spacial score (nSPS) is 9.27. The van der Waals surface area contributed by atoms with Crippen molar-refractivity contribution in [1.29, 1.82) is 0 Å². The maximum Gasteiger partial charge on any atom is 0.314 e. The van der Waals surface area contributed by atoms with Crippen molar-refractivity contribution >= 4 is 29.2 Å². The van der Waals surface area contributed by atoms with Gasteiger partial charge >= 0.3 is 11.8 Å². The Balaban J connectivity index is 0.00000242. The predicted octanol–water partition coefficient (Wildman–Crippen LogP) is 0.398. The number of anilines is 2. The maximum absolute atomic E-state index is 11.7. The van der Waals surface area contributed by atoms with Crippen LogP contribution in [0, 0.1) is 0 Å². The molecule has 8 nitrogen and oxygen atoms in total. The summed E-state index contributed by atoms with van der Waals surface area (Å²) in [7, 11) is 0. The summed E-state index contributed by atoms with van der Waals surface area (Å²) in [5.41, 5.74) is 0.724. The van der Waals surface area contributed by atoms with Crippen LogP contribution in [0.2, 0.25) is 0 Å². The van der Waals surface area contributed by atoms with E-state index < -0.39 is 17.8 Å². The molecule has 0 atom stereocenters. The second kappa shape index (κ2) is 7.50. The molecule has 0 radical (unpaired) electrons. The standard InChI is InChI=1S/C14H11N3O4.H3N/c18-12(13(19)17-11-5-7-15-8-6-11)16-10-3-1-9(2-4-10)14(20)21;/h1-8H,(H,16,18)(H,20,21)(H,15,17,19);1H3. The van der Waals surface area contributed by atoms with Gasteiger partial charge in [-0.1, -0.05) is 12.1 Å². The number of amides is 2. The molecular weight excluding hydrogens is 288 g/mol. The van der Waals surface area contributed by atoms with Gasteiger partial charge in [-0.25, -0.2) is 0 Å². The van der Waals surface area contributed by atoms with Gasteiger partial charge in [0.2, 0.25) is 0 Å². The van der Waals surface area contributed by atoms with Crippen LogP contribution < -0.4 is 21.9 Å². The topological polar surface area (TPSA) is 148 Å². The van der Waals surface area contributed by atoms with Crippen LogP contribution in [0.4, 0.5) is 11.4 Å². The van der Waals surface area contributed by atoms with Crippen LogP contribution in [0.3, 0.4) is 0 Å². The highest BCUT2D eigenvalue weighted by molar-refractivity contribution is 6.43. The minimum absolute atomic E-state index is 0. The molecule has 22 heavy (non-hydrogen) atoms. The number of carbonyl (C=O) groups excluding carboxylic acids is 3. The molecule has 0 aliphatic heterocycles. The summed E-state index contributed by atoms with van der Waals surface area (Å²) in [6, 6.07) is 8.35. The SMILES string of the molecule is O=C(Nc1ccncc1)C(=O)Nc1ccc(C(=O)[O-])cc1.[NH4+]. The van der Waals surface area contributed by atoms with Crippen LogP contribution in [0.5, 0.6) is 0 Å². The molecule has 0 spiro atoms. The number of pyridine rings is 1. The molecule has 2 rings (SSSR count). The first kappa shape index (κ1) is 16.8. The number of carboxylic acids is 1. The zero-order chi connectivity index (χ0) is 15.2. The number of hydrogen-bond donors (Lipinski definition) is 3. The van der Waals surface area contributed by atoms with Crippen molar-refractivity contribution in [2.24, 2.45) is 0 Å². The summed E-state index contributed by atoms with van der Waals surface area (Å²) >= 11 is 0. The quantitative estimate of drug-likeness (QED) is 0.702. The van der Waals surface area contributed by atoms with E-state index in [2.05, 4.69) is 15.6 Å². The van der Waals surface area contributed by atoms with Crippen molar-refractivity contribution < 1.29 is 19.5 Å². The van der Waals surface area contributed by atoms with Crippen molar-refractivity contribution in [2.75, 3.05) is 10.6 Å². The first-order valence-corrected chi connectivity index (χ1v) is 5.90. The Morgan fingerprint density at radius 1 is 0.818 bits per heavy atom. The molecule has 0 saturated heterocycles. The Morgan fingerprint density at radius 3 is 1.73 bits per heavy atom. The molecule has 0 unspecified atom stereocenters. The van der Waals surface area contributed by atoms with Gasteiger partial charge in [-0.3, -0.25) is 14.6 Å². The smallest absolute Gasteiger partial charge is 0.314 e. The van der Waals surface area contributed by atoms with Gasteiger partial charge in [0.1, 0.15) is 0 Å². The Morgan fingerprint density at radius 2 is 1.27 bits per heavy atom. The second-order valence-electron chi connectivity index (χ2n) is 4.01. The number of quaternary nitrogens is 1. The third-order valence-corrected chi connectivity index (χ3v) is 2.52. The lowest BCUT2D eigenvalue weighted by Gasteiger charge is -2.07. The molecule has 114 valence electrons. The molecular formula is C14H14N4O4. The fourth-order valence-electron chi connectivity index (χ4n) is 1.50. The van der Waals surface area contributed by atoms with E-state index in [1.165, 1.54) is 36.7 Å². The minimum atomic E-state index is -1.32. The number of carbonyl (C=O) groups is 3. The Labute approximate surface area is 125 Å². The van der Waals surface area contributed by atoms with Crippen LogP contribution in [-0.4, -0.2) is 22.8 Å². The van der Waals surface area contributed by atoms with Gasteiger partial charge in [-0.05, 0) is 29.8 Å². The first-order chi connectivity index (χ1) is 10.1. The highest BCUT2D eigenvalue weighted by Gasteiger charge is 2.13. The molecule has 0 bridgehead atoms. The molecule has 0 aliphatic rings. The van der Waals surface area contributed by atoms with Gasteiger partial charge in [0.15, 0.2) is 0 Å². The van der Waals surface area contributed by atoms with Crippen LogP contribution in [0.1, 0.15) is 10.4 Å². The van der Waals surface area contributed by atoms with Gasteiger partial charge in [0, 0.05) is 23.8 Å². The van der Waals surface area contributed by atoms with Gasteiger partial charge in [0.25, 0.3) is 0 Å². The number of benzene rings is 1. The van der Waals surface area contributed by atoms with Crippen LogP contribution in [0.15, 0.2) is 48.8 Å². The van der Waals surface area contributed by atoms with E-state index in [9.17, 15) is 19.5 Å². The van der Waals surface area contributed by atoms with Crippen LogP contribution >= 0.6 is 0 Å². The molecule has 2 amide bonds. The fourth-order valence-corrected chi connectivity index (χ4v) is 1.50. The monoisotopic (exact) mass is 302 g/mol. The Bertz CT molecular complexity index is 671. The van der Waals surface area contributed by atoms with Crippen molar-refractivity contribution in [1.82, 2.24) is 11.1 Å². The van der Waals surface area contributed by atoms with Gasteiger partial charge in [-0.15, -0.1) is 0 Å². The molecule has 0 saturated carbocycles. The lowest BCUT2D eigenvalue weighted by atomic mass is 10.2. The van der Waals surface area contributed by atoms with E-state index >= 15 is 0 Å². The highest BCUT2D eigenvalue weighted by Crippen LogP contribution is 2.09. The van der Waals surface area contributed by atoms with Crippen molar-refractivity contribution in [3.05, 3.63) is 54.4 Å². The molecule has 8 heteroatoms. The van der Waals surface area contributed by atoms with E-state index in [-0.39, 0.29) is 11.7 Å². The summed E-state index contributed by atoms with van der Waals surface area (Å²) < 4.78 is 0. The van der Waals surface area contributed by atoms with E-state index in [4.69, 9.17) is 0 Å². The number of rotatable bonds is 3. The zero-order valence-electron chi connectivity index (χ0n) is 11.7.